The van der Waals surface area contributed by atoms with E-state index >= 15 is 0 Å². The molecule has 0 aliphatic heterocycles. The first kappa shape index (κ1) is 32.3. The molecule has 0 bridgehead atoms. The molecule has 0 fully saturated rings. The minimum atomic E-state index is -4.32. The van der Waals surface area contributed by atoms with Crippen LogP contribution in [-0.2, 0) is 32.6 Å². The lowest BCUT2D eigenvalue weighted by Crippen LogP contribution is -2.54. The molecule has 10 heteroatoms. The largest absolute Gasteiger partial charge is 0.352 e. The lowest BCUT2D eigenvalue weighted by Gasteiger charge is -2.34. The van der Waals surface area contributed by atoms with Crippen molar-refractivity contribution in [3.05, 3.63) is 132 Å². The van der Waals surface area contributed by atoms with Crippen molar-refractivity contribution in [1.29, 1.82) is 0 Å². The highest BCUT2D eigenvalue weighted by Gasteiger charge is 2.35. The van der Waals surface area contributed by atoms with Crippen molar-refractivity contribution in [1.82, 2.24) is 10.2 Å². The molecule has 0 heterocycles. The molecule has 2 atom stereocenters. The average Bonchev–Trinajstić information content (AvgIpc) is 3.03. The first-order chi connectivity index (χ1) is 21.1. The van der Waals surface area contributed by atoms with E-state index in [0.717, 1.165) is 22.0 Å². The number of nitrogens with one attached hydrogen (secondary N) is 1. The molecule has 230 valence electrons. The summed E-state index contributed by atoms with van der Waals surface area (Å²) in [7, 11) is -4.32. The van der Waals surface area contributed by atoms with Crippen molar-refractivity contribution in [2.24, 2.45) is 0 Å². The van der Waals surface area contributed by atoms with E-state index in [4.69, 9.17) is 0 Å². The van der Waals surface area contributed by atoms with E-state index in [9.17, 15) is 26.8 Å². The van der Waals surface area contributed by atoms with Crippen molar-refractivity contribution in [3.63, 3.8) is 0 Å². The number of benzene rings is 4. The van der Waals surface area contributed by atoms with Gasteiger partial charge in [0.1, 0.15) is 24.2 Å². The van der Waals surface area contributed by atoms with Gasteiger partial charge in [-0.1, -0.05) is 73.7 Å². The Kier molecular flexibility index (Phi) is 10.8. The summed E-state index contributed by atoms with van der Waals surface area (Å²) in [5.74, 6) is -2.34. The van der Waals surface area contributed by atoms with Crippen molar-refractivity contribution in [2.45, 2.75) is 50.2 Å². The van der Waals surface area contributed by atoms with Gasteiger partial charge < -0.3 is 10.2 Å². The Morgan fingerprint density at radius 2 is 1.41 bits per heavy atom. The molecule has 0 aliphatic carbocycles. The molecule has 4 rings (SSSR count). The monoisotopic (exact) mass is 619 g/mol. The Morgan fingerprint density at radius 3 is 2.02 bits per heavy atom. The lowest BCUT2D eigenvalue weighted by molar-refractivity contribution is -0.140. The Hall–Kier alpha value is -4.57. The van der Waals surface area contributed by atoms with Crippen LogP contribution in [0.3, 0.4) is 0 Å². The van der Waals surface area contributed by atoms with Gasteiger partial charge in [-0.05, 0) is 61.4 Å². The highest BCUT2D eigenvalue weighted by Crippen LogP contribution is 2.25. The number of hydrogen-bond acceptors (Lipinski definition) is 4. The molecule has 0 aliphatic rings. The average molecular weight is 620 g/mol. The Balaban J connectivity index is 1.80. The molecular weight excluding hydrogens is 584 g/mol. The Morgan fingerprint density at radius 1 is 0.818 bits per heavy atom. The van der Waals surface area contributed by atoms with Gasteiger partial charge in [0.05, 0.1) is 10.6 Å². The number of carbonyl (C=O) groups excluding carboxylic acids is 2. The number of carbonyl (C=O) groups is 2. The van der Waals surface area contributed by atoms with Gasteiger partial charge in [0, 0.05) is 24.6 Å². The van der Waals surface area contributed by atoms with E-state index in [2.05, 4.69) is 5.32 Å². The number of rotatable bonds is 13. The molecule has 2 amide bonds. The molecule has 7 nitrogen and oxygen atoms in total. The minimum Gasteiger partial charge on any atom is -0.352 e. The van der Waals surface area contributed by atoms with Crippen molar-refractivity contribution in [3.8, 4) is 0 Å². The van der Waals surface area contributed by atoms with Gasteiger partial charge in [0.25, 0.3) is 10.0 Å². The second-order valence-corrected chi connectivity index (χ2v) is 12.3. The van der Waals surface area contributed by atoms with Crippen LogP contribution in [0.5, 0.6) is 0 Å². The second kappa shape index (κ2) is 14.7. The van der Waals surface area contributed by atoms with Gasteiger partial charge in [-0.2, -0.15) is 0 Å². The maximum absolute atomic E-state index is 15.0. The minimum absolute atomic E-state index is 0.0538. The van der Waals surface area contributed by atoms with Gasteiger partial charge >= 0.3 is 0 Å². The molecule has 2 unspecified atom stereocenters. The summed E-state index contributed by atoms with van der Waals surface area (Å²) < 4.78 is 57.5. The fraction of sp³-hybridized carbons (Fsp3) is 0.235. The number of hydrogen-bond donors (Lipinski definition) is 1. The zero-order valence-corrected chi connectivity index (χ0v) is 25.4. The van der Waals surface area contributed by atoms with Gasteiger partial charge in [-0.25, -0.2) is 17.2 Å². The summed E-state index contributed by atoms with van der Waals surface area (Å²) in [5.41, 5.74) is 0.975. The summed E-state index contributed by atoms with van der Waals surface area (Å²) in [6, 6.07) is 26.0. The topological polar surface area (TPSA) is 86.8 Å². The Labute approximate surface area is 257 Å². The highest BCUT2D eigenvalue weighted by atomic mass is 32.2. The molecule has 4 aromatic rings. The first-order valence-corrected chi connectivity index (χ1v) is 15.7. The third-order valence-electron chi connectivity index (χ3n) is 7.30. The normalized spacial score (nSPS) is 12.6. The van der Waals surface area contributed by atoms with Crippen molar-refractivity contribution in [2.75, 3.05) is 10.8 Å². The van der Waals surface area contributed by atoms with Crippen LogP contribution in [0.25, 0.3) is 0 Å². The van der Waals surface area contributed by atoms with Crippen LogP contribution in [0.15, 0.2) is 114 Å². The van der Waals surface area contributed by atoms with E-state index in [1.807, 2.05) is 44.2 Å². The number of amides is 2. The third-order valence-corrected chi connectivity index (χ3v) is 9.08. The van der Waals surface area contributed by atoms with Gasteiger partial charge in [0.15, 0.2) is 0 Å². The molecule has 1 N–H and O–H groups in total. The molecular formula is C34H35F2N3O4S. The molecule has 0 saturated carbocycles. The van der Waals surface area contributed by atoms with Crippen LogP contribution in [0.1, 0.15) is 31.4 Å². The Bertz CT molecular complexity index is 1650. The summed E-state index contributed by atoms with van der Waals surface area (Å²) in [4.78, 5) is 29.2. The SMILES string of the molecule is CCC(C)NC(=O)C(Cc1ccccc1)N(Cc1ccccc1F)C(=O)CN(c1ccc(F)cc1)S(=O)(=O)c1ccccc1. The van der Waals surface area contributed by atoms with Gasteiger partial charge in [-0.15, -0.1) is 0 Å². The molecule has 0 radical (unpaired) electrons. The maximum atomic E-state index is 15.0. The number of sulfonamides is 1. The van der Waals surface area contributed by atoms with Crippen LogP contribution >= 0.6 is 0 Å². The number of halogens is 2. The standard InChI is InChI=1S/C34H35F2N3O4S/c1-3-25(2)37-34(41)32(22-26-12-6-4-7-13-26)38(23-27-14-10-11-17-31(27)36)33(40)24-39(29-20-18-28(35)19-21-29)44(42,43)30-15-8-5-9-16-30/h4-21,25,32H,3,22-24H2,1-2H3,(H,37,41). The van der Waals surface area contributed by atoms with E-state index in [1.54, 1.807) is 24.3 Å². The zero-order chi connectivity index (χ0) is 31.7. The van der Waals surface area contributed by atoms with Crippen LogP contribution in [-0.4, -0.2) is 43.8 Å². The smallest absolute Gasteiger partial charge is 0.264 e. The number of anilines is 1. The molecule has 0 saturated heterocycles. The van der Waals surface area contributed by atoms with E-state index < -0.39 is 46.1 Å². The predicted molar refractivity (Wildman–Crippen MR) is 166 cm³/mol. The molecule has 4 aromatic carbocycles. The second-order valence-electron chi connectivity index (χ2n) is 10.4. The van der Waals surface area contributed by atoms with Crippen LogP contribution in [0.2, 0.25) is 0 Å². The fourth-order valence-corrected chi connectivity index (χ4v) is 6.10. The lowest BCUT2D eigenvalue weighted by atomic mass is 10.0. The van der Waals surface area contributed by atoms with Crippen molar-refractivity contribution >= 4 is 27.5 Å². The first-order valence-electron chi connectivity index (χ1n) is 14.3. The van der Waals surface area contributed by atoms with E-state index in [1.165, 1.54) is 47.4 Å². The summed E-state index contributed by atoms with van der Waals surface area (Å²) in [6.45, 7) is 2.73. The third kappa shape index (κ3) is 8.08. The van der Waals surface area contributed by atoms with Crippen LogP contribution in [0.4, 0.5) is 14.5 Å². The van der Waals surface area contributed by atoms with Crippen LogP contribution in [0, 0.1) is 11.6 Å². The summed E-state index contributed by atoms with van der Waals surface area (Å²) in [6.07, 6.45) is 0.740. The molecule has 44 heavy (non-hydrogen) atoms. The summed E-state index contributed by atoms with van der Waals surface area (Å²) in [5, 5.41) is 2.93. The fourth-order valence-electron chi connectivity index (χ4n) is 4.66. The van der Waals surface area contributed by atoms with Crippen LogP contribution < -0.4 is 9.62 Å². The predicted octanol–water partition coefficient (Wildman–Crippen LogP) is 5.71. The maximum Gasteiger partial charge on any atom is 0.264 e. The van der Waals surface area contributed by atoms with Gasteiger partial charge in [0.2, 0.25) is 11.8 Å². The zero-order valence-electron chi connectivity index (χ0n) is 24.6. The molecule has 0 aromatic heterocycles. The highest BCUT2D eigenvalue weighted by molar-refractivity contribution is 7.92. The summed E-state index contributed by atoms with van der Waals surface area (Å²) >= 11 is 0. The van der Waals surface area contributed by atoms with E-state index in [0.29, 0.717) is 6.42 Å². The molecule has 0 spiro atoms. The number of nitrogens with zero attached hydrogens (tertiary/aromatic N) is 2. The van der Waals surface area contributed by atoms with E-state index in [-0.39, 0.29) is 35.2 Å². The van der Waals surface area contributed by atoms with Crippen molar-refractivity contribution < 1.29 is 26.8 Å². The van der Waals surface area contributed by atoms with Gasteiger partial charge in [-0.3, -0.25) is 13.9 Å². The quantitative estimate of drug-likeness (QED) is 0.208.